The summed E-state index contributed by atoms with van der Waals surface area (Å²) in [5.74, 6) is -1.30. The fourth-order valence-corrected chi connectivity index (χ4v) is 4.46. The molecule has 1 saturated carbocycles. The molecule has 5 rings (SSSR count). The molecule has 168 valence electrons. The van der Waals surface area contributed by atoms with Crippen molar-refractivity contribution in [3.63, 3.8) is 0 Å². The number of hydrogen-bond donors (Lipinski definition) is 2. The monoisotopic (exact) mass is 465 g/mol. The fraction of sp³-hybridized carbons (Fsp3) is 0.240. The minimum Gasteiger partial charge on any atom is -0.481 e. The maximum atomic E-state index is 13.2. The maximum absolute atomic E-state index is 13.2. The number of rotatable bonds is 5. The van der Waals surface area contributed by atoms with Gasteiger partial charge in [-0.3, -0.25) is 4.79 Å². The zero-order chi connectivity index (χ0) is 22.9. The summed E-state index contributed by atoms with van der Waals surface area (Å²) >= 11 is 6.51. The smallest absolute Gasteiger partial charge is 0.306 e. The van der Waals surface area contributed by atoms with Gasteiger partial charge in [0.15, 0.2) is 5.65 Å². The number of aliphatic carboxylic acids is 1. The van der Waals surface area contributed by atoms with Gasteiger partial charge in [-0.1, -0.05) is 48.0 Å². The molecule has 1 aliphatic rings. The lowest BCUT2D eigenvalue weighted by atomic mass is 9.87. The van der Waals surface area contributed by atoms with E-state index >= 15 is 0 Å². The van der Waals surface area contributed by atoms with Crippen molar-refractivity contribution in [2.45, 2.75) is 31.8 Å². The molecule has 0 atom stereocenters. The van der Waals surface area contributed by atoms with Crippen LogP contribution in [-0.2, 0) is 4.79 Å². The molecular formula is C25H21ClFN3O3. The van der Waals surface area contributed by atoms with Gasteiger partial charge in [-0.25, -0.2) is 9.37 Å². The zero-order valence-electron chi connectivity index (χ0n) is 17.6. The van der Waals surface area contributed by atoms with Crippen LogP contribution in [0.3, 0.4) is 0 Å². The number of benzene rings is 2. The third kappa shape index (κ3) is 4.54. The van der Waals surface area contributed by atoms with E-state index in [1.165, 1.54) is 12.1 Å². The standard InChI is InChI=1S/C25H21ClFN3O3/c26-20-13-21-23(30-25(28-21)33-19-11-7-17(8-12-19)24(31)32)29-22(20)16-3-1-14(2-4-16)15-5-9-18(27)10-6-15/h1-6,9-10,13,17,19H,7-8,11-12H2,(H,31,32)(H,28,29,30)/t17-,19-. The Balaban J connectivity index is 1.35. The number of carbonyl (C=O) groups is 1. The van der Waals surface area contributed by atoms with Gasteiger partial charge in [0.2, 0.25) is 0 Å². The van der Waals surface area contributed by atoms with Crippen LogP contribution in [0.25, 0.3) is 33.5 Å². The number of hydrogen-bond acceptors (Lipinski definition) is 4. The van der Waals surface area contributed by atoms with Crippen LogP contribution in [0.1, 0.15) is 25.7 Å². The Bertz CT molecular complexity index is 1300. The summed E-state index contributed by atoms with van der Waals surface area (Å²) in [6.45, 7) is 0. The van der Waals surface area contributed by atoms with E-state index in [2.05, 4.69) is 15.0 Å². The van der Waals surface area contributed by atoms with E-state index < -0.39 is 5.97 Å². The molecule has 0 unspecified atom stereocenters. The minimum absolute atomic E-state index is 0.0740. The van der Waals surface area contributed by atoms with Gasteiger partial charge in [0.05, 0.1) is 22.2 Å². The van der Waals surface area contributed by atoms with Crippen LogP contribution in [0.4, 0.5) is 4.39 Å². The average Bonchev–Trinajstić information content (AvgIpc) is 3.20. The molecule has 33 heavy (non-hydrogen) atoms. The highest BCUT2D eigenvalue weighted by molar-refractivity contribution is 6.33. The quantitative estimate of drug-likeness (QED) is 0.371. The Morgan fingerprint density at radius 1 is 0.970 bits per heavy atom. The first-order chi connectivity index (χ1) is 16.0. The number of nitrogens with zero attached hydrogens (tertiary/aromatic N) is 2. The van der Waals surface area contributed by atoms with Crippen molar-refractivity contribution in [1.29, 1.82) is 0 Å². The van der Waals surface area contributed by atoms with Crippen LogP contribution in [0.5, 0.6) is 6.01 Å². The van der Waals surface area contributed by atoms with Crippen LogP contribution in [0, 0.1) is 11.7 Å². The van der Waals surface area contributed by atoms with Crippen LogP contribution >= 0.6 is 11.6 Å². The van der Waals surface area contributed by atoms with E-state index in [4.69, 9.17) is 21.4 Å². The molecule has 0 aliphatic heterocycles. The highest BCUT2D eigenvalue weighted by Crippen LogP contribution is 2.32. The lowest BCUT2D eigenvalue weighted by molar-refractivity contribution is -0.143. The average molecular weight is 466 g/mol. The molecule has 2 N–H and O–H groups in total. The Hall–Kier alpha value is -3.45. The molecule has 1 aliphatic carbocycles. The predicted octanol–water partition coefficient (Wildman–Crippen LogP) is 6.11. The first kappa shape index (κ1) is 21.4. The molecular weight excluding hydrogens is 445 g/mol. The second kappa shape index (κ2) is 8.83. The first-order valence-electron chi connectivity index (χ1n) is 10.8. The summed E-state index contributed by atoms with van der Waals surface area (Å²) in [5.41, 5.74) is 4.49. The molecule has 1 fully saturated rings. The van der Waals surface area contributed by atoms with Crippen LogP contribution in [-0.4, -0.2) is 32.1 Å². The third-order valence-electron chi connectivity index (χ3n) is 6.04. The summed E-state index contributed by atoms with van der Waals surface area (Å²) in [6.07, 6.45) is 2.47. The number of fused-ring (bicyclic) bond motifs is 1. The van der Waals surface area contributed by atoms with Crippen molar-refractivity contribution in [3.05, 3.63) is 65.4 Å². The summed E-state index contributed by atoms with van der Waals surface area (Å²) in [5, 5.41) is 9.63. The van der Waals surface area contributed by atoms with Crippen molar-refractivity contribution < 1.29 is 19.0 Å². The predicted molar refractivity (Wildman–Crippen MR) is 124 cm³/mol. The SMILES string of the molecule is O=C(O)[C@H]1CC[C@H](Oc2nc3nc(-c4ccc(-c5ccc(F)cc5)cc4)c(Cl)cc3[nH]2)CC1. The Labute approximate surface area is 194 Å². The zero-order valence-corrected chi connectivity index (χ0v) is 18.3. The summed E-state index contributed by atoms with van der Waals surface area (Å²) in [4.78, 5) is 23.3. The first-order valence-corrected chi connectivity index (χ1v) is 11.2. The van der Waals surface area contributed by atoms with E-state index in [9.17, 15) is 9.18 Å². The Morgan fingerprint density at radius 3 is 2.21 bits per heavy atom. The van der Waals surface area contributed by atoms with Gasteiger partial charge in [0, 0.05) is 5.56 Å². The molecule has 8 heteroatoms. The van der Waals surface area contributed by atoms with Crippen molar-refractivity contribution in [1.82, 2.24) is 15.0 Å². The van der Waals surface area contributed by atoms with Crippen molar-refractivity contribution in [2.24, 2.45) is 5.92 Å². The molecule has 0 amide bonds. The number of imidazole rings is 1. The Kier molecular flexibility index (Phi) is 5.72. The number of pyridine rings is 1. The summed E-state index contributed by atoms with van der Waals surface area (Å²) < 4.78 is 19.1. The number of carboxylic acids is 1. The number of aromatic nitrogens is 3. The van der Waals surface area contributed by atoms with Gasteiger partial charge in [0.1, 0.15) is 11.9 Å². The minimum atomic E-state index is -0.741. The van der Waals surface area contributed by atoms with Crippen LogP contribution in [0.15, 0.2) is 54.6 Å². The molecule has 2 heterocycles. The molecule has 4 aromatic rings. The van der Waals surface area contributed by atoms with Crippen molar-refractivity contribution >= 4 is 28.7 Å². The fourth-order valence-electron chi connectivity index (χ4n) is 4.20. The number of H-pyrrole nitrogens is 1. The number of nitrogens with one attached hydrogen (secondary N) is 1. The van der Waals surface area contributed by atoms with Crippen molar-refractivity contribution in [3.8, 4) is 28.4 Å². The second-order valence-electron chi connectivity index (χ2n) is 8.25. The highest BCUT2D eigenvalue weighted by atomic mass is 35.5. The topological polar surface area (TPSA) is 88.1 Å². The molecule has 0 radical (unpaired) electrons. The van der Waals surface area contributed by atoms with Gasteiger partial charge < -0.3 is 14.8 Å². The largest absolute Gasteiger partial charge is 0.481 e. The van der Waals surface area contributed by atoms with Crippen molar-refractivity contribution in [2.75, 3.05) is 0 Å². The maximum Gasteiger partial charge on any atom is 0.306 e. The molecule has 0 saturated heterocycles. The van der Waals surface area contributed by atoms with Crippen LogP contribution in [0.2, 0.25) is 5.02 Å². The van der Waals surface area contributed by atoms with E-state index in [0.29, 0.717) is 53.6 Å². The van der Waals surface area contributed by atoms with Gasteiger partial charge in [-0.05, 0) is 55.0 Å². The van der Waals surface area contributed by atoms with E-state index in [-0.39, 0.29) is 17.8 Å². The van der Waals surface area contributed by atoms with E-state index in [1.54, 1.807) is 18.2 Å². The molecule has 0 spiro atoms. The molecule has 2 aromatic carbocycles. The normalized spacial score (nSPS) is 18.4. The Morgan fingerprint density at radius 2 is 1.58 bits per heavy atom. The molecule has 2 aromatic heterocycles. The highest BCUT2D eigenvalue weighted by Gasteiger charge is 2.27. The van der Waals surface area contributed by atoms with E-state index in [0.717, 1.165) is 16.7 Å². The summed E-state index contributed by atoms with van der Waals surface area (Å²) in [6, 6.07) is 16.2. The third-order valence-corrected chi connectivity index (χ3v) is 6.33. The number of carboxylic acid groups (broad SMARTS) is 1. The lowest BCUT2D eigenvalue weighted by Gasteiger charge is -2.25. The molecule has 0 bridgehead atoms. The van der Waals surface area contributed by atoms with E-state index in [1.807, 2.05) is 24.3 Å². The van der Waals surface area contributed by atoms with Gasteiger partial charge >= 0.3 is 5.97 Å². The lowest BCUT2D eigenvalue weighted by Crippen LogP contribution is -2.28. The van der Waals surface area contributed by atoms with Gasteiger partial charge in [-0.15, -0.1) is 0 Å². The van der Waals surface area contributed by atoms with Gasteiger partial charge in [0.25, 0.3) is 6.01 Å². The number of aromatic amines is 1. The molecule has 6 nitrogen and oxygen atoms in total. The summed E-state index contributed by atoms with van der Waals surface area (Å²) in [7, 11) is 0. The van der Waals surface area contributed by atoms with Gasteiger partial charge in [-0.2, -0.15) is 4.98 Å². The second-order valence-corrected chi connectivity index (χ2v) is 8.65. The number of halogens is 2. The van der Waals surface area contributed by atoms with Crippen LogP contribution < -0.4 is 4.74 Å². The number of ether oxygens (including phenoxy) is 1.